The first-order valence-corrected chi connectivity index (χ1v) is 7.58. The van der Waals surface area contributed by atoms with Crippen LogP contribution < -0.4 is 10.8 Å². The fourth-order valence-corrected chi connectivity index (χ4v) is 3.17. The second kappa shape index (κ2) is 4.45. The summed E-state index contributed by atoms with van der Waals surface area (Å²) in [6.45, 7) is 8.27. The lowest BCUT2D eigenvalue weighted by atomic mass is 9.79. The van der Waals surface area contributed by atoms with E-state index in [0.29, 0.717) is 0 Å². The number of thiazole rings is 1. The van der Waals surface area contributed by atoms with Gasteiger partial charge in [0.1, 0.15) is 0 Å². The number of rotatable bonds is 2. The van der Waals surface area contributed by atoms with Gasteiger partial charge < -0.3 is 14.6 Å². The minimum absolute atomic E-state index is 0.323. The predicted octanol–water partition coefficient (Wildman–Crippen LogP) is 2.64. The fourth-order valence-electron chi connectivity index (χ4n) is 2.23. The summed E-state index contributed by atoms with van der Waals surface area (Å²) in [6, 6.07) is 6.07. The molecule has 2 heterocycles. The van der Waals surface area contributed by atoms with Gasteiger partial charge in [0.15, 0.2) is 5.13 Å². The molecule has 0 atom stereocenters. The van der Waals surface area contributed by atoms with Gasteiger partial charge in [0.25, 0.3) is 0 Å². The lowest BCUT2D eigenvalue weighted by Crippen LogP contribution is -2.41. The molecule has 0 bridgehead atoms. The van der Waals surface area contributed by atoms with E-state index in [1.54, 1.807) is 11.3 Å². The van der Waals surface area contributed by atoms with E-state index in [0.717, 1.165) is 20.8 Å². The molecular formula is C14H19BN2O2S. The molecule has 0 amide bonds. The Kier molecular flexibility index (Phi) is 3.08. The topological polar surface area (TPSA) is 43.4 Å². The van der Waals surface area contributed by atoms with Crippen molar-refractivity contribution in [3.63, 3.8) is 0 Å². The lowest BCUT2D eigenvalue weighted by Gasteiger charge is -2.32. The third-order valence-electron chi connectivity index (χ3n) is 4.17. The van der Waals surface area contributed by atoms with Crippen LogP contribution in [0.2, 0.25) is 0 Å². The standard InChI is InChI=1S/C14H19BN2O2S/c1-13(2)14(3,4)19-15(18-13)9-7-6-8-10-11(9)20-12(16-5)17-10/h6-8H,1-5H3,(H,16,17). The molecular weight excluding hydrogens is 271 g/mol. The number of nitrogens with zero attached hydrogens (tertiary/aromatic N) is 1. The van der Waals surface area contributed by atoms with Crippen LogP contribution in [0.3, 0.4) is 0 Å². The van der Waals surface area contributed by atoms with Crippen molar-refractivity contribution < 1.29 is 9.31 Å². The molecule has 1 N–H and O–H groups in total. The number of aromatic nitrogens is 1. The van der Waals surface area contributed by atoms with Crippen molar-refractivity contribution in [1.82, 2.24) is 4.98 Å². The third-order valence-corrected chi connectivity index (χ3v) is 5.30. The largest absolute Gasteiger partial charge is 0.496 e. The second-order valence-corrected chi connectivity index (χ2v) is 7.05. The molecule has 0 saturated carbocycles. The highest BCUT2D eigenvalue weighted by Crippen LogP contribution is 2.37. The molecule has 0 aliphatic carbocycles. The first kappa shape index (κ1) is 13.9. The van der Waals surface area contributed by atoms with E-state index in [-0.39, 0.29) is 18.3 Å². The molecule has 106 valence electrons. The van der Waals surface area contributed by atoms with Gasteiger partial charge in [-0.15, -0.1) is 0 Å². The molecule has 1 fully saturated rings. The fraction of sp³-hybridized carbons (Fsp3) is 0.500. The molecule has 3 rings (SSSR count). The number of hydrogen-bond acceptors (Lipinski definition) is 5. The Bertz CT molecular complexity index is 638. The van der Waals surface area contributed by atoms with E-state index in [4.69, 9.17) is 9.31 Å². The van der Waals surface area contributed by atoms with Crippen molar-refractivity contribution in [3.8, 4) is 0 Å². The van der Waals surface area contributed by atoms with Crippen molar-refractivity contribution in [3.05, 3.63) is 18.2 Å². The highest BCUT2D eigenvalue weighted by atomic mass is 32.1. The monoisotopic (exact) mass is 290 g/mol. The minimum atomic E-state index is -0.339. The van der Waals surface area contributed by atoms with Gasteiger partial charge >= 0.3 is 7.12 Å². The summed E-state index contributed by atoms with van der Waals surface area (Å²) >= 11 is 1.63. The third kappa shape index (κ3) is 2.03. The Morgan fingerprint density at radius 2 is 1.80 bits per heavy atom. The number of hydrogen-bond donors (Lipinski definition) is 1. The van der Waals surface area contributed by atoms with Crippen molar-refractivity contribution in [2.75, 3.05) is 12.4 Å². The summed E-state index contributed by atoms with van der Waals surface area (Å²) in [6.07, 6.45) is 0. The second-order valence-electron chi connectivity index (χ2n) is 6.05. The Morgan fingerprint density at radius 1 is 1.15 bits per heavy atom. The van der Waals surface area contributed by atoms with Crippen molar-refractivity contribution in [2.45, 2.75) is 38.9 Å². The molecule has 6 heteroatoms. The number of nitrogens with one attached hydrogen (secondary N) is 1. The highest BCUT2D eigenvalue weighted by Gasteiger charge is 2.52. The van der Waals surface area contributed by atoms with E-state index < -0.39 is 0 Å². The van der Waals surface area contributed by atoms with Gasteiger partial charge in [0.05, 0.1) is 21.4 Å². The Labute approximate surface area is 123 Å². The van der Waals surface area contributed by atoms with Gasteiger partial charge in [0, 0.05) is 12.5 Å². The van der Waals surface area contributed by atoms with Gasteiger partial charge in [-0.2, -0.15) is 0 Å². The van der Waals surface area contributed by atoms with Crippen LogP contribution in [-0.2, 0) is 9.31 Å². The quantitative estimate of drug-likeness (QED) is 0.864. The molecule has 4 nitrogen and oxygen atoms in total. The van der Waals surface area contributed by atoms with Crippen molar-refractivity contribution >= 4 is 39.3 Å². The average Bonchev–Trinajstić information content (AvgIpc) is 2.87. The van der Waals surface area contributed by atoms with Gasteiger partial charge in [-0.1, -0.05) is 23.5 Å². The zero-order valence-corrected chi connectivity index (χ0v) is 13.3. The average molecular weight is 290 g/mol. The van der Waals surface area contributed by atoms with Crippen LogP contribution in [0.1, 0.15) is 27.7 Å². The molecule has 20 heavy (non-hydrogen) atoms. The van der Waals surface area contributed by atoms with Gasteiger partial charge in [0.2, 0.25) is 0 Å². The minimum Gasteiger partial charge on any atom is -0.399 e. The van der Waals surface area contributed by atoms with Crippen molar-refractivity contribution in [1.29, 1.82) is 0 Å². The summed E-state index contributed by atoms with van der Waals surface area (Å²) in [5.74, 6) is 0. The molecule has 1 aliphatic rings. The van der Waals surface area contributed by atoms with Crippen LogP contribution in [0.5, 0.6) is 0 Å². The van der Waals surface area contributed by atoms with Crippen LogP contribution in [0.25, 0.3) is 10.2 Å². The molecule has 1 saturated heterocycles. The van der Waals surface area contributed by atoms with Crippen LogP contribution >= 0.6 is 11.3 Å². The SMILES string of the molecule is CNc1nc2cccc(B3OC(C)(C)C(C)(C)O3)c2s1. The maximum Gasteiger partial charge on any atom is 0.496 e. The molecule has 2 aromatic rings. The van der Waals surface area contributed by atoms with Crippen LogP contribution in [-0.4, -0.2) is 30.4 Å². The summed E-state index contributed by atoms with van der Waals surface area (Å²) in [5, 5.41) is 4.00. The normalized spacial score (nSPS) is 20.6. The number of anilines is 1. The number of fused-ring (bicyclic) bond motifs is 1. The summed E-state index contributed by atoms with van der Waals surface area (Å²) < 4.78 is 13.4. The Hall–Kier alpha value is -1.11. The molecule has 0 radical (unpaired) electrons. The Morgan fingerprint density at radius 3 is 2.40 bits per heavy atom. The van der Waals surface area contributed by atoms with Gasteiger partial charge in [-0.25, -0.2) is 4.98 Å². The molecule has 1 aromatic heterocycles. The molecule has 0 unspecified atom stereocenters. The van der Waals surface area contributed by atoms with E-state index in [2.05, 4.69) is 44.1 Å². The maximum absolute atomic E-state index is 6.14. The first-order chi connectivity index (χ1) is 9.34. The molecule has 1 aromatic carbocycles. The van der Waals surface area contributed by atoms with Crippen LogP contribution in [0, 0.1) is 0 Å². The smallest absolute Gasteiger partial charge is 0.399 e. The van der Waals surface area contributed by atoms with E-state index >= 15 is 0 Å². The van der Waals surface area contributed by atoms with E-state index in [1.807, 2.05) is 19.2 Å². The Balaban J connectivity index is 2.05. The van der Waals surface area contributed by atoms with Gasteiger partial charge in [-0.3, -0.25) is 0 Å². The number of benzene rings is 1. The van der Waals surface area contributed by atoms with Gasteiger partial charge in [-0.05, 0) is 33.8 Å². The zero-order valence-electron chi connectivity index (χ0n) is 12.5. The van der Waals surface area contributed by atoms with Crippen molar-refractivity contribution in [2.24, 2.45) is 0 Å². The summed E-state index contributed by atoms with van der Waals surface area (Å²) in [5.41, 5.74) is 1.39. The summed E-state index contributed by atoms with van der Waals surface area (Å²) in [4.78, 5) is 4.53. The summed E-state index contributed by atoms with van der Waals surface area (Å²) in [7, 11) is 1.54. The predicted molar refractivity (Wildman–Crippen MR) is 84.9 cm³/mol. The lowest BCUT2D eigenvalue weighted by molar-refractivity contribution is 0.00578. The van der Waals surface area contributed by atoms with E-state index in [9.17, 15) is 0 Å². The molecule has 0 spiro atoms. The van der Waals surface area contributed by atoms with E-state index in [1.165, 1.54) is 0 Å². The highest BCUT2D eigenvalue weighted by molar-refractivity contribution is 7.23. The van der Waals surface area contributed by atoms with Crippen LogP contribution in [0.15, 0.2) is 18.2 Å². The molecule has 1 aliphatic heterocycles. The zero-order chi connectivity index (χ0) is 14.5. The maximum atomic E-state index is 6.14. The van der Waals surface area contributed by atoms with Crippen LogP contribution in [0.4, 0.5) is 5.13 Å². The first-order valence-electron chi connectivity index (χ1n) is 6.77.